The summed E-state index contributed by atoms with van der Waals surface area (Å²) in [6, 6.07) is 17.0. The van der Waals surface area contributed by atoms with Crippen LogP contribution in [-0.4, -0.2) is 31.2 Å². The largest absolute Gasteiger partial charge is 0.463 e. The number of rotatable bonds is 5. The van der Waals surface area contributed by atoms with Gasteiger partial charge in [0, 0.05) is 19.8 Å². The van der Waals surface area contributed by atoms with Gasteiger partial charge in [-0.3, -0.25) is 9.36 Å². The lowest BCUT2D eigenvalue weighted by molar-refractivity contribution is -0.139. The Kier molecular flexibility index (Phi) is 6.10. The Morgan fingerprint density at radius 1 is 1.16 bits per heavy atom. The average Bonchev–Trinajstić information content (AvgIpc) is 3.08. The third-order valence-electron chi connectivity index (χ3n) is 5.34. The van der Waals surface area contributed by atoms with Crippen molar-refractivity contribution in [1.82, 2.24) is 4.57 Å². The van der Waals surface area contributed by atoms with Crippen molar-refractivity contribution in [3.8, 4) is 0 Å². The normalized spacial score (nSPS) is 15.9. The van der Waals surface area contributed by atoms with Crippen molar-refractivity contribution >= 4 is 29.1 Å². The van der Waals surface area contributed by atoms with Crippen LogP contribution < -0.4 is 19.8 Å². The SMILES string of the molecule is CCOC(=O)C1=C(C)N=c2s/c(=C\c3ccccc3)c(=O)n2C1c1ccc(N(C)C)cc1. The van der Waals surface area contributed by atoms with Crippen molar-refractivity contribution in [1.29, 1.82) is 0 Å². The van der Waals surface area contributed by atoms with Gasteiger partial charge in [0.2, 0.25) is 0 Å². The highest BCUT2D eigenvalue weighted by molar-refractivity contribution is 7.07. The van der Waals surface area contributed by atoms with Crippen LogP contribution in [0.5, 0.6) is 0 Å². The van der Waals surface area contributed by atoms with Crippen molar-refractivity contribution in [2.24, 2.45) is 4.99 Å². The van der Waals surface area contributed by atoms with Crippen LogP contribution in [0, 0.1) is 0 Å². The van der Waals surface area contributed by atoms with Gasteiger partial charge in [0.25, 0.3) is 5.56 Å². The Bertz CT molecular complexity index is 1350. The van der Waals surface area contributed by atoms with Crippen LogP contribution in [0.1, 0.15) is 31.0 Å². The van der Waals surface area contributed by atoms with Gasteiger partial charge in [-0.05, 0) is 43.2 Å². The molecule has 1 unspecified atom stereocenters. The van der Waals surface area contributed by atoms with Gasteiger partial charge >= 0.3 is 5.97 Å². The first-order chi connectivity index (χ1) is 15.4. The van der Waals surface area contributed by atoms with Gasteiger partial charge in [-0.2, -0.15) is 0 Å². The minimum absolute atomic E-state index is 0.173. The predicted octanol–water partition coefficient (Wildman–Crippen LogP) is 2.86. The zero-order chi connectivity index (χ0) is 22.8. The summed E-state index contributed by atoms with van der Waals surface area (Å²) in [4.78, 5) is 33.6. The quantitative estimate of drug-likeness (QED) is 0.565. The maximum absolute atomic E-state index is 13.5. The lowest BCUT2D eigenvalue weighted by atomic mass is 9.95. The van der Waals surface area contributed by atoms with Crippen molar-refractivity contribution in [3.63, 3.8) is 0 Å². The molecule has 0 spiro atoms. The second kappa shape index (κ2) is 8.96. The van der Waals surface area contributed by atoms with Crippen LogP contribution in [0.4, 0.5) is 5.69 Å². The monoisotopic (exact) mass is 447 g/mol. The number of ether oxygens (including phenoxy) is 1. The second-order valence-electron chi connectivity index (χ2n) is 7.70. The number of thiazole rings is 1. The first-order valence-electron chi connectivity index (χ1n) is 10.4. The number of hydrogen-bond donors (Lipinski definition) is 0. The van der Waals surface area contributed by atoms with Crippen LogP contribution in [0.3, 0.4) is 0 Å². The van der Waals surface area contributed by atoms with E-state index in [2.05, 4.69) is 4.99 Å². The molecule has 3 aromatic rings. The molecule has 0 fully saturated rings. The summed E-state index contributed by atoms with van der Waals surface area (Å²) in [5.41, 5.74) is 3.59. The zero-order valence-corrected chi connectivity index (χ0v) is 19.3. The number of aromatic nitrogens is 1. The van der Waals surface area contributed by atoms with Crippen molar-refractivity contribution in [2.45, 2.75) is 19.9 Å². The molecule has 7 heteroatoms. The molecular formula is C25H25N3O3S. The molecule has 6 nitrogen and oxygen atoms in total. The molecule has 0 amide bonds. The molecule has 2 aromatic carbocycles. The van der Waals surface area contributed by atoms with Crippen molar-refractivity contribution < 1.29 is 9.53 Å². The number of nitrogens with zero attached hydrogens (tertiary/aromatic N) is 3. The fourth-order valence-electron chi connectivity index (χ4n) is 3.76. The Hall–Kier alpha value is -3.45. The molecule has 0 aliphatic carbocycles. The Balaban J connectivity index is 1.94. The maximum Gasteiger partial charge on any atom is 0.338 e. The summed E-state index contributed by atoms with van der Waals surface area (Å²) in [5, 5.41) is 0. The van der Waals surface area contributed by atoms with E-state index in [1.165, 1.54) is 11.3 Å². The number of allylic oxidation sites excluding steroid dienone is 1. The fraction of sp³-hybridized carbons (Fsp3) is 0.240. The van der Waals surface area contributed by atoms with E-state index < -0.39 is 12.0 Å². The van der Waals surface area contributed by atoms with E-state index in [-0.39, 0.29) is 12.2 Å². The summed E-state index contributed by atoms with van der Waals surface area (Å²) < 4.78 is 7.52. The third kappa shape index (κ3) is 4.03. The summed E-state index contributed by atoms with van der Waals surface area (Å²) in [7, 11) is 3.94. The number of esters is 1. The molecule has 4 rings (SSSR count). The average molecular weight is 448 g/mol. The molecule has 1 aromatic heterocycles. The van der Waals surface area contributed by atoms with Gasteiger partial charge in [-0.25, -0.2) is 9.79 Å². The van der Waals surface area contributed by atoms with Crippen LogP contribution in [0.15, 0.2) is 75.7 Å². The number of carbonyl (C=O) groups excluding carboxylic acids is 1. The van der Waals surface area contributed by atoms with Gasteiger partial charge < -0.3 is 9.64 Å². The molecule has 0 bridgehead atoms. The minimum Gasteiger partial charge on any atom is -0.463 e. The maximum atomic E-state index is 13.5. The van der Waals surface area contributed by atoms with Gasteiger partial charge in [-0.15, -0.1) is 0 Å². The van der Waals surface area contributed by atoms with E-state index in [4.69, 9.17) is 4.74 Å². The molecule has 1 atom stereocenters. The standard InChI is InChI=1S/C25H25N3O3S/c1-5-31-24(30)21-16(2)26-25-28(22(21)18-11-13-19(14-12-18)27(3)4)23(29)20(32-25)15-17-9-7-6-8-10-17/h6-15,22H,5H2,1-4H3/b20-15-. The van der Waals surface area contributed by atoms with E-state index in [9.17, 15) is 9.59 Å². The highest BCUT2D eigenvalue weighted by atomic mass is 32.1. The molecule has 0 N–H and O–H groups in total. The van der Waals surface area contributed by atoms with E-state index in [0.29, 0.717) is 20.6 Å². The summed E-state index contributed by atoms with van der Waals surface area (Å²) in [6.45, 7) is 3.81. The number of benzene rings is 2. The van der Waals surface area contributed by atoms with Gasteiger partial charge in [0.1, 0.15) is 0 Å². The number of anilines is 1. The van der Waals surface area contributed by atoms with Crippen molar-refractivity contribution in [2.75, 3.05) is 25.6 Å². The molecule has 1 aliphatic heterocycles. The Morgan fingerprint density at radius 2 is 1.84 bits per heavy atom. The Labute approximate surface area is 190 Å². The number of fused-ring (bicyclic) bond motifs is 1. The van der Waals surface area contributed by atoms with Crippen LogP contribution in [0.2, 0.25) is 0 Å². The topological polar surface area (TPSA) is 63.9 Å². The first-order valence-corrected chi connectivity index (χ1v) is 11.2. The molecule has 32 heavy (non-hydrogen) atoms. The van der Waals surface area contributed by atoms with Crippen LogP contribution >= 0.6 is 11.3 Å². The van der Waals surface area contributed by atoms with E-state index in [0.717, 1.165) is 16.8 Å². The number of hydrogen-bond acceptors (Lipinski definition) is 6. The molecule has 2 heterocycles. The third-order valence-corrected chi connectivity index (χ3v) is 6.32. The lowest BCUT2D eigenvalue weighted by Crippen LogP contribution is -2.39. The Morgan fingerprint density at radius 3 is 2.47 bits per heavy atom. The molecule has 1 aliphatic rings. The van der Waals surface area contributed by atoms with Gasteiger partial charge in [0.05, 0.1) is 28.5 Å². The number of carbonyl (C=O) groups is 1. The highest BCUT2D eigenvalue weighted by Gasteiger charge is 2.33. The molecule has 0 saturated carbocycles. The summed E-state index contributed by atoms with van der Waals surface area (Å²) >= 11 is 1.33. The zero-order valence-electron chi connectivity index (χ0n) is 18.5. The first kappa shape index (κ1) is 21.8. The lowest BCUT2D eigenvalue weighted by Gasteiger charge is -2.25. The molecular weight excluding hydrogens is 422 g/mol. The summed E-state index contributed by atoms with van der Waals surface area (Å²) in [5.74, 6) is -0.451. The predicted molar refractivity (Wildman–Crippen MR) is 128 cm³/mol. The molecule has 0 radical (unpaired) electrons. The highest BCUT2D eigenvalue weighted by Crippen LogP contribution is 2.31. The van der Waals surface area contributed by atoms with Gasteiger partial charge in [-0.1, -0.05) is 53.8 Å². The van der Waals surface area contributed by atoms with Crippen LogP contribution in [-0.2, 0) is 9.53 Å². The minimum atomic E-state index is -0.598. The van der Waals surface area contributed by atoms with Gasteiger partial charge in [0.15, 0.2) is 4.80 Å². The second-order valence-corrected chi connectivity index (χ2v) is 8.71. The van der Waals surface area contributed by atoms with Crippen molar-refractivity contribution in [3.05, 3.63) is 96.7 Å². The van der Waals surface area contributed by atoms with E-state index in [1.807, 2.05) is 79.7 Å². The molecule has 0 saturated heterocycles. The fourth-order valence-corrected chi connectivity index (χ4v) is 4.81. The summed E-state index contributed by atoms with van der Waals surface area (Å²) in [6.07, 6.45) is 1.86. The van der Waals surface area contributed by atoms with Crippen LogP contribution in [0.25, 0.3) is 6.08 Å². The van der Waals surface area contributed by atoms with E-state index >= 15 is 0 Å². The van der Waals surface area contributed by atoms with E-state index in [1.54, 1.807) is 18.4 Å². The smallest absolute Gasteiger partial charge is 0.338 e. The molecule has 164 valence electrons.